The summed E-state index contributed by atoms with van der Waals surface area (Å²) in [4.78, 5) is 11.7. The van der Waals surface area contributed by atoms with Crippen LogP contribution in [0.2, 0.25) is 5.02 Å². The minimum Gasteiger partial charge on any atom is -0.382 e. The molecule has 2 N–H and O–H groups in total. The van der Waals surface area contributed by atoms with Crippen LogP contribution < -0.4 is 15.6 Å². The summed E-state index contributed by atoms with van der Waals surface area (Å²) in [7, 11) is -3.16. The maximum atomic E-state index is 11.7. The lowest BCUT2D eigenvalue weighted by atomic mass is 10.4. The summed E-state index contributed by atoms with van der Waals surface area (Å²) in [5.74, 6) is 0. The van der Waals surface area contributed by atoms with Gasteiger partial charge in [0.05, 0.1) is 18.1 Å². The van der Waals surface area contributed by atoms with Crippen molar-refractivity contribution in [2.45, 2.75) is 19.9 Å². The van der Waals surface area contributed by atoms with Gasteiger partial charge < -0.3 is 5.32 Å². The molecule has 1 aromatic rings. The summed E-state index contributed by atoms with van der Waals surface area (Å²) >= 11 is 5.92. The first kappa shape index (κ1) is 15.9. The Kier molecular flexibility index (Phi) is 5.77. The van der Waals surface area contributed by atoms with E-state index in [1.54, 1.807) is 6.92 Å². The van der Waals surface area contributed by atoms with Crippen molar-refractivity contribution in [2.24, 2.45) is 0 Å². The van der Waals surface area contributed by atoms with Crippen LogP contribution in [0.15, 0.2) is 11.0 Å². The van der Waals surface area contributed by atoms with Gasteiger partial charge in [0, 0.05) is 19.6 Å². The number of aryl methyl sites for hydroxylation is 1. The molecule has 0 aliphatic rings. The van der Waals surface area contributed by atoms with Crippen LogP contribution in [0.1, 0.15) is 13.3 Å². The van der Waals surface area contributed by atoms with Gasteiger partial charge in [0.15, 0.2) is 0 Å². The third kappa shape index (κ3) is 5.17. The highest BCUT2D eigenvalue weighted by Crippen LogP contribution is 2.14. The largest absolute Gasteiger partial charge is 0.382 e. The first-order valence-corrected chi connectivity index (χ1v) is 8.06. The van der Waals surface area contributed by atoms with E-state index in [-0.39, 0.29) is 10.6 Å². The number of halogens is 1. The van der Waals surface area contributed by atoms with E-state index in [0.29, 0.717) is 31.7 Å². The summed E-state index contributed by atoms with van der Waals surface area (Å²) in [6.45, 7) is 3.06. The standard InChI is InChI=1S/C10H17ClN4O3S/c1-3-15-10(16)9(11)8(7-13-15)12-5-4-6-14-19(2,17)18/h7,12,14H,3-6H2,1-2H3. The number of nitrogens with zero attached hydrogens (tertiary/aromatic N) is 2. The Balaban J connectivity index is 2.51. The monoisotopic (exact) mass is 308 g/mol. The first-order chi connectivity index (χ1) is 8.85. The molecule has 0 aromatic carbocycles. The molecule has 0 amide bonds. The molecule has 7 nitrogen and oxygen atoms in total. The van der Waals surface area contributed by atoms with Crippen molar-refractivity contribution >= 4 is 27.3 Å². The Morgan fingerprint density at radius 3 is 2.68 bits per heavy atom. The number of sulfonamides is 1. The van der Waals surface area contributed by atoms with Crippen molar-refractivity contribution in [3.05, 3.63) is 21.6 Å². The van der Waals surface area contributed by atoms with Gasteiger partial charge in [-0.3, -0.25) is 4.79 Å². The predicted molar refractivity (Wildman–Crippen MR) is 75.1 cm³/mol. The van der Waals surface area contributed by atoms with E-state index in [1.165, 1.54) is 10.9 Å². The SMILES string of the molecule is CCn1ncc(NCCCNS(C)(=O)=O)c(Cl)c1=O. The van der Waals surface area contributed by atoms with E-state index >= 15 is 0 Å². The molecule has 0 unspecified atom stereocenters. The molecule has 1 rings (SSSR count). The zero-order valence-electron chi connectivity index (χ0n) is 10.8. The van der Waals surface area contributed by atoms with Gasteiger partial charge in [-0.25, -0.2) is 17.8 Å². The topological polar surface area (TPSA) is 93.1 Å². The quantitative estimate of drug-likeness (QED) is 0.705. The third-order valence-corrected chi connectivity index (χ3v) is 3.41. The average molecular weight is 309 g/mol. The Morgan fingerprint density at radius 1 is 1.42 bits per heavy atom. The molecule has 108 valence electrons. The lowest BCUT2D eigenvalue weighted by Crippen LogP contribution is -2.25. The van der Waals surface area contributed by atoms with E-state index in [1.807, 2.05) is 0 Å². The molecule has 0 radical (unpaired) electrons. The van der Waals surface area contributed by atoms with Gasteiger partial charge >= 0.3 is 0 Å². The lowest BCUT2D eigenvalue weighted by molar-refractivity contribution is 0.586. The van der Waals surface area contributed by atoms with Gasteiger partial charge in [0.25, 0.3) is 5.56 Å². The van der Waals surface area contributed by atoms with Crippen molar-refractivity contribution in [3.8, 4) is 0 Å². The average Bonchev–Trinajstić information content (AvgIpc) is 2.33. The van der Waals surface area contributed by atoms with Crippen molar-refractivity contribution in [2.75, 3.05) is 24.7 Å². The molecule has 9 heteroatoms. The summed E-state index contributed by atoms with van der Waals surface area (Å²) in [6.07, 6.45) is 3.16. The second-order valence-electron chi connectivity index (χ2n) is 3.94. The highest BCUT2D eigenvalue weighted by atomic mass is 35.5. The normalized spacial score (nSPS) is 11.5. The molecular weight excluding hydrogens is 292 g/mol. The van der Waals surface area contributed by atoms with E-state index in [0.717, 1.165) is 6.26 Å². The molecule has 0 bridgehead atoms. The van der Waals surface area contributed by atoms with Crippen LogP contribution in [0, 0.1) is 0 Å². The Bertz CT molecular complexity index is 585. The zero-order chi connectivity index (χ0) is 14.5. The lowest BCUT2D eigenvalue weighted by Gasteiger charge is -2.09. The molecule has 19 heavy (non-hydrogen) atoms. The van der Waals surface area contributed by atoms with Crippen LogP contribution in [0.25, 0.3) is 0 Å². The maximum absolute atomic E-state index is 11.7. The van der Waals surface area contributed by atoms with E-state index < -0.39 is 10.0 Å². The van der Waals surface area contributed by atoms with Gasteiger partial charge in [0.2, 0.25) is 10.0 Å². The molecule has 1 aromatic heterocycles. The number of nitrogens with one attached hydrogen (secondary N) is 2. The Hall–Kier alpha value is -1.12. The van der Waals surface area contributed by atoms with Gasteiger partial charge in [0.1, 0.15) is 5.02 Å². The van der Waals surface area contributed by atoms with Crippen LogP contribution in [-0.2, 0) is 16.6 Å². The van der Waals surface area contributed by atoms with E-state index in [4.69, 9.17) is 11.6 Å². The minimum absolute atomic E-state index is 0.0907. The number of rotatable bonds is 7. The van der Waals surface area contributed by atoms with Crippen molar-refractivity contribution in [1.82, 2.24) is 14.5 Å². The zero-order valence-corrected chi connectivity index (χ0v) is 12.4. The molecule has 0 spiro atoms. The predicted octanol–water partition coefficient (Wildman–Crippen LogP) is 0.268. The fraction of sp³-hybridized carbons (Fsp3) is 0.600. The van der Waals surface area contributed by atoms with Crippen molar-refractivity contribution < 1.29 is 8.42 Å². The maximum Gasteiger partial charge on any atom is 0.287 e. The second-order valence-corrected chi connectivity index (χ2v) is 6.15. The molecule has 0 aliphatic heterocycles. The van der Waals surface area contributed by atoms with Gasteiger partial charge in [-0.15, -0.1) is 0 Å². The van der Waals surface area contributed by atoms with Crippen molar-refractivity contribution in [3.63, 3.8) is 0 Å². The summed E-state index contributed by atoms with van der Waals surface area (Å²) in [5, 5.41) is 6.98. The Labute approximate surface area is 117 Å². The fourth-order valence-corrected chi connectivity index (χ4v) is 2.11. The van der Waals surface area contributed by atoms with Gasteiger partial charge in [-0.1, -0.05) is 11.6 Å². The highest BCUT2D eigenvalue weighted by Gasteiger charge is 2.07. The van der Waals surface area contributed by atoms with Crippen molar-refractivity contribution in [1.29, 1.82) is 0 Å². The molecule has 0 saturated heterocycles. The number of hydrogen-bond donors (Lipinski definition) is 2. The summed E-state index contributed by atoms with van der Waals surface area (Å²) in [6, 6.07) is 0. The summed E-state index contributed by atoms with van der Waals surface area (Å²) in [5.41, 5.74) is 0.110. The van der Waals surface area contributed by atoms with E-state index in [2.05, 4.69) is 15.1 Å². The molecule has 0 aliphatic carbocycles. The van der Waals surface area contributed by atoms with Crippen LogP contribution in [0.3, 0.4) is 0 Å². The molecule has 0 saturated carbocycles. The Morgan fingerprint density at radius 2 is 2.11 bits per heavy atom. The van der Waals surface area contributed by atoms with Gasteiger partial charge in [-0.2, -0.15) is 5.10 Å². The number of aromatic nitrogens is 2. The van der Waals surface area contributed by atoms with Crippen LogP contribution >= 0.6 is 11.6 Å². The smallest absolute Gasteiger partial charge is 0.287 e. The van der Waals surface area contributed by atoms with Crippen LogP contribution in [0.5, 0.6) is 0 Å². The summed E-state index contributed by atoms with van der Waals surface area (Å²) < 4.78 is 25.3. The molecule has 0 fully saturated rings. The van der Waals surface area contributed by atoms with Gasteiger partial charge in [-0.05, 0) is 13.3 Å². The number of anilines is 1. The molecule has 1 heterocycles. The van der Waals surface area contributed by atoms with Crippen LogP contribution in [-0.4, -0.2) is 37.5 Å². The van der Waals surface area contributed by atoms with E-state index in [9.17, 15) is 13.2 Å². The highest BCUT2D eigenvalue weighted by molar-refractivity contribution is 7.88. The number of hydrogen-bond acceptors (Lipinski definition) is 5. The first-order valence-electron chi connectivity index (χ1n) is 5.79. The fourth-order valence-electron chi connectivity index (χ4n) is 1.38. The third-order valence-electron chi connectivity index (χ3n) is 2.32. The van der Waals surface area contributed by atoms with Crippen LogP contribution in [0.4, 0.5) is 5.69 Å². The minimum atomic E-state index is -3.16. The second kappa shape index (κ2) is 6.88. The molecular formula is C10H17ClN4O3S. The molecule has 0 atom stereocenters.